The summed E-state index contributed by atoms with van der Waals surface area (Å²) >= 11 is 0. The predicted molar refractivity (Wildman–Crippen MR) is 110 cm³/mol. The second-order valence-electron chi connectivity index (χ2n) is 8.09. The molecule has 0 aromatic heterocycles. The number of nitrogens with zero attached hydrogens (tertiary/aromatic N) is 1. The van der Waals surface area contributed by atoms with Gasteiger partial charge in [-0.25, -0.2) is 0 Å². The van der Waals surface area contributed by atoms with Crippen LogP contribution in [0.1, 0.15) is 88.3 Å². The monoisotopic (exact) mass is 373 g/mol. The SMILES string of the molecule is CCCCCCCCCCN1C(=O)C(O)(CC(C)=O)c2c(C)ccc(C)c21. The number of rotatable bonds is 11. The first-order valence-electron chi connectivity index (χ1n) is 10.5. The highest BCUT2D eigenvalue weighted by Crippen LogP contribution is 2.46. The van der Waals surface area contributed by atoms with Gasteiger partial charge in [-0.3, -0.25) is 9.59 Å². The quantitative estimate of drug-likeness (QED) is 0.558. The number of unbranched alkanes of at least 4 members (excludes halogenated alkanes) is 7. The Morgan fingerprint density at radius 1 is 1.00 bits per heavy atom. The number of Topliss-reactive ketones (excluding diaryl/α,β-unsaturated/α-hetero) is 1. The van der Waals surface area contributed by atoms with Gasteiger partial charge in [-0.2, -0.15) is 0 Å². The minimum absolute atomic E-state index is 0.156. The smallest absolute Gasteiger partial charge is 0.264 e. The molecule has 1 atom stereocenters. The molecule has 4 heteroatoms. The zero-order valence-corrected chi connectivity index (χ0v) is 17.4. The third kappa shape index (κ3) is 4.78. The fraction of sp³-hybridized carbons (Fsp3) is 0.652. The summed E-state index contributed by atoms with van der Waals surface area (Å²) in [5.41, 5.74) is 1.57. The summed E-state index contributed by atoms with van der Waals surface area (Å²) in [4.78, 5) is 26.5. The molecule has 150 valence electrons. The summed E-state index contributed by atoms with van der Waals surface area (Å²) in [6.07, 6.45) is 9.45. The number of amides is 1. The van der Waals surface area contributed by atoms with Gasteiger partial charge in [-0.1, -0.05) is 64.0 Å². The van der Waals surface area contributed by atoms with Crippen molar-refractivity contribution in [2.24, 2.45) is 0 Å². The third-order valence-corrected chi connectivity index (χ3v) is 5.61. The normalized spacial score (nSPS) is 18.9. The first-order chi connectivity index (χ1) is 12.8. The molecule has 0 saturated heterocycles. The van der Waals surface area contributed by atoms with Gasteiger partial charge in [0.05, 0.1) is 5.69 Å². The van der Waals surface area contributed by atoms with Gasteiger partial charge in [0.25, 0.3) is 5.91 Å². The molecule has 27 heavy (non-hydrogen) atoms. The molecule has 4 nitrogen and oxygen atoms in total. The highest BCUT2D eigenvalue weighted by Gasteiger charge is 2.51. The van der Waals surface area contributed by atoms with Gasteiger partial charge in [0.2, 0.25) is 0 Å². The van der Waals surface area contributed by atoms with Crippen molar-refractivity contribution in [2.45, 2.75) is 91.1 Å². The molecule has 1 aromatic rings. The van der Waals surface area contributed by atoms with Gasteiger partial charge >= 0.3 is 0 Å². The first-order valence-corrected chi connectivity index (χ1v) is 10.5. The van der Waals surface area contributed by atoms with Gasteiger partial charge in [-0.15, -0.1) is 0 Å². The van der Waals surface area contributed by atoms with Crippen molar-refractivity contribution in [1.82, 2.24) is 0 Å². The van der Waals surface area contributed by atoms with Gasteiger partial charge in [0, 0.05) is 18.5 Å². The third-order valence-electron chi connectivity index (χ3n) is 5.61. The van der Waals surface area contributed by atoms with E-state index in [4.69, 9.17) is 0 Å². The number of carbonyl (C=O) groups is 2. The molecule has 0 saturated carbocycles. The minimum Gasteiger partial charge on any atom is -0.375 e. The van der Waals surface area contributed by atoms with Crippen molar-refractivity contribution in [3.05, 3.63) is 28.8 Å². The number of aliphatic hydroxyl groups is 1. The van der Waals surface area contributed by atoms with Crippen molar-refractivity contribution in [1.29, 1.82) is 0 Å². The minimum atomic E-state index is -1.71. The van der Waals surface area contributed by atoms with E-state index in [1.807, 2.05) is 26.0 Å². The van der Waals surface area contributed by atoms with E-state index in [1.54, 1.807) is 4.90 Å². The highest BCUT2D eigenvalue weighted by atomic mass is 16.3. The van der Waals surface area contributed by atoms with E-state index in [0.29, 0.717) is 12.1 Å². The molecule has 1 heterocycles. The van der Waals surface area contributed by atoms with Crippen LogP contribution in [0.15, 0.2) is 12.1 Å². The number of ketones is 1. The van der Waals surface area contributed by atoms with Crippen molar-refractivity contribution in [2.75, 3.05) is 11.4 Å². The number of aryl methyl sites for hydroxylation is 2. The molecule has 1 amide bonds. The van der Waals surface area contributed by atoms with E-state index < -0.39 is 5.60 Å². The number of hydrogen-bond acceptors (Lipinski definition) is 3. The van der Waals surface area contributed by atoms with Gasteiger partial charge in [0.15, 0.2) is 5.60 Å². The molecular weight excluding hydrogens is 338 g/mol. The van der Waals surface area contributed by atoms with Crippen molar-refractivity contribution in [3.63, 3.8) is 0 Å². The Balaban J connectivity index is 2.07. The molecule has 0 bridgehead atoms. The van der Waals surface area contributed by atoms with Crippen LogP contribution >= 0.6 is 0 Å². The van der Waals surface area contributed by atoms with Crippen LogP contribution < -0.4 is 4.90 Å². The first kappa shape index (κ1) is 21.6. The molecule has 0 radical (unpaired) electrons. The lowest BCUT2D eigenvalue weighted by molar-refractivity contribution is -0.141. The van der Waals surface area contributed by atoms with Crippen LogP contribution in [0, 0.1) is 13.8 Å². The molecule has 1 N–H and O–H groups in total. The summed E-state index contributed by atoms with van der Waals surface area (Å²) in [6, 6.07) is 3.91. The van der Waals surface area contributed by atoms with Gasteiger partial charge in [-0.05, 0) is 38.3 Å². The Morgan fingerprint density at radius 3 is 2.15 bits per heavy atom. The molecule has 1 aromatic carbocycles. The summed E-state index contributed by atoms with van der Waals surface area (Å²) in [6.45, 7) is 8.12. The van der Waals surface area contributed by atoms with Crippen LogP contribution in [0.2, 0.25) is 0 Å². The maximum absolute atomic E-state index is 13.1. The van der Waals surface area contributed by atoms with Crippen molar-refractivity contribution in [3.8, 4) is 0 Å². The summed E-state index contributed by atoms with van der Waals surface area (Å²) in [5, 5.41) is 11.2. The van der Waals surface area contributed by atoms with E-state index in [-0.39, 0.29) is 18.1 Å². The van der Waals surface area contributed by atoms with Crippen LogP contribution in [0.4, 0.5) is 5.69 Å². The van der Waals surface area contributed by atoms with E-state index in [0.717, 1.165) is 29.7 Å². The van der Waals surface area contributed by atoms with Crippen LogP contribution in [0.25, 0.3) is 0 Å². The number of anilines is 1. The van der Waals surface area contributed by atoms with Gasteiger partial charge < -0.3 is 10.0 Å². The van der Waals surface area contributed by atoms with E-state index in [2.05, 4.69) is 6.92 Å². The van der Waals surface area contributed by atoms with Gasteiger partial charge in [0.1, 0.15) is 5.78 Å². The van der Waals surface area contributed by atoms with E-state index in [9.17, 15) is 14.7 Å². The summed E-state index contributed by atoms with van der Waals surface area (Å²) in [7, 11) is 0. The molecule has 0 aliphatic carbocycles. The average molecular weight is 374 g/mol. The lowest BCUT2D eigenvalue weighted by Gasteiger charge is -2.22. The second kappa shape index (κ2) is 9.50. The summed E-state index contributed by atoms with van der Waals surface area (Å²) in [5.74, 6) is -0.514. The fourth-order valence-electron chi connectivity index (χ4n) is 4.24. The molecule has 1 aliphatic rings. The maximum atomic E-state index is 13.1. The van der Waals surface area contributed by atoms with E-state index in [1.165, 1.54) is 45.4 Å². The molecule has 0 fully saturated rings. The fourth-order valence-corrected chi connectivity index (χ4v) is 4.24. The number of fused-ring (bicyclic) bond motifs is 1. The maximum Gasteiger partial charge on any atom is 0.264 e. The second-order valence-corrected chi connectivity index (χ2v) is 8.09. The number of benzene rings is 1. The van der Waals surface area contributed by atoms with E-state index >= 15 is 0 Å². The topological polar surface area (TPSA) is 57.6 Å². The Morgan fingerprint density at radius 2 is 1.56 bits per heavy atom. The molecule has 0 spiro atoms. The summed E-state index contributed by atoms with van der Waals surface area (Å²) < 4.78 is 0. The molecule has 1 aliphatic heterocycles. The standard InChI is InChI=1S/C23H35NO3/c1-5-6-7-8-9-10-11-12-15-24-21-18(3)14-13-17(2)20(21)23(27,22(24)26)16-19(4)25/h13-14,27H,5-12,15-16H2,1-4H3. The Bertz CT molecular complexity index is 682. The predicted octanol–water partition coefficient (Wildman–Crippen LogP) is 4.96. The van der Waals surface area contributed by atoms with Crippen LogP contribution in [0.5, 0.6) is 0 Å². The lowest BCUT2D eigenvalue weighted by Crippen LogP contribution is -2.42. The molecular formula is C23H35NO3. The molecule has 2 rings (SSSR count). The van der Waals surface area contributed by atoms with Crippen molar-refractivity contribution < 1.29 is 14.7 Å². The Kier molecular flexibility index (Phi) is 7.60. The Hall–Kier alpha value is -1.68. The largest absolute Gasteiger partial charge is 0.375 e. The lowest BCUT2D eigenvalue weighted by atomic mass is 9.86. The zero-order chi connectivity index (χ0) is 20.0. The Labute approximate surface area is 164 Å². The van der Waals surface area contributed by atoms with Crippen molar-refractivity contribution >= 4 is 17.4 Å². The van der Waals surface area contributed by atoms with Crippen LogP contribution in [0.3, 0.4) is 0 Å². The molecule has 1 unspecified atom stereocenters. The average Bonchev–Trinajstić information content (AvgIpc) is 2.82. The highest BCUT2D eigenvalue weighted by molar-refractivity contribution is 6.09. The zero-order valence-electron chi connectivity index (χ0n) is 17.4. The number of hydrogen-bond donors (Lipinski definition) is 1. The van der Waals surface area contributed by atoms with Crippen LogP contribution in [-0.4, -0.2) is 23.3 Å². The number of carbonyl (C=O) groups excluding carboxylic acids is 2. The van der Waals surface area contributed by atoms with Crippen LogP contribution in [-0.2, 0) is 15.2 Å².